The molecular weight excluding hydrogens is 534 g/mol. The van der Waals surface area contributed by atoms with E-state index in [1.54, 1.807) is 51.7 Å². The number of anilines is 1. The van der Waals surface area contributed by atoms with Crippen LogP contribution >= 0.6 is 23.4 Å². The van der Waals surface area contributed by atoms with Crippen LogP contribution < -0.4 is 4.90 Å². The number of hydrogen-bond acceptors (Lipinski definition) is 5. The van der Waals surface area contributed by atoms with Crippen molar-refractivity contribution in [3.8, 4) is 0 Å². The van der Waals surface area contributed by atoms with E-state index < -0.39 is 27.4 Å². The Labute approximate surface area is 241 Å². The predicted molar refractivity (Wildman–Crippen MR) is 158 cm³/mol. The SMILES string of the molecule is C=CCN(C)C(=O)[C@@H]1[C@H]2C(=O)N(CCCCCO)C(C(=O)N(CC=C)c3c(C)cccc3Cl)C23CC[C@@]1(C)S3. The highest BCUT2D eigenvalue weighted by molar-refractivity contribution is 8.02. The van der Waals surface area contributed by atoms with E-state index in [0.717, 1.165) is 18.4 Å². The van der Waals surface area contributed by atoms with Gasteiger partial charge >= 0.3 is 0 Å². The number of carbonyl (C=O) groups is 3. The first kappa shape index (κ1) is 29.7. The Bertz CT molecular complexity index is 1140. The molecule has 1 N–H and O–H groups in total. The molecule has 3 amide bonds. The number of unbranched alkanes of at least 4 members (excludes halogenated alkanes) is 2. The van der Waals surface area contributed by atoms with Crippen LogP contribution in [-0.4, -0.2) is 81.5 Å². The van der Waals surface area contributed by atoms with Gasteiger partial charge in [0.05, 0.1) is 27.3 Å². The number of para-hydroxylation sites is 1. The molecule has 1 spiro atoms. The maximum absolute atomic E-state index is 14.7. The molecule has 1 aromatic rings. The summed E-state index contributed by atoms with van der Waals surface area (Å²) in [5, 5.41) is 9.75. The van der Waals surface area contributed by atoms with Crippen LogP contribution in [0.2, 0.25) is 5.02 Å². The molecule has 3 fully saturated rings. The lowest BCUT2D eigenvalue weighted by atomic mass is 9.66. The van der Waals surface area contributed by atoms with Crippen molar-refractivity contribution in [2.75, 3.05) is 38.2 Å². The van der Waals surface area contributed by atoms with Crippen LogP contribution in [0.25, 0.3) is 0 Å². The van der Waals surface area contributed by atoms with Crippen LogP contribution in [-0.2, 0) is 14.4 Å². The zero-order valence-electron chi connectivity index (χ0n) is 23.2. The predicted octanol–water partition coefficient (Wildman–Crippen LogP) is 4.46. The minimum Gasteiger partial charge on any atom is -0.396 e. The zero-order valence-corrected chi connectivity index (χ0v) is 24.8. The van der Waals surface area contributed by atoms with E-state index in [2.05, 4.69) is 20.1 Å². The molecule has 212 valence electrons. The second-order valence-electron chi connectivity index (χ2n) is 11.2. The summed E-state index contributed by atoms with van der Waals surface area (Å²) in [6.07, 6.45) is 6.86. The smallest absolute Gasteiger partial charge is 0.251 e. The van der Waals surface area contributed by atoms with Crippen LogP contribution in [0.1, 0.15) is 44.6 Å². The van der Waals surface area contributed by atoms with Crippen molar-refractivity contribution in [3.63, 3.8) is 0 Å². The van der Waals surface area contributed by atoms with Crippen LogP contribution in [0.15, 0.2) is 43.5 Å². The van der Waals surface area contributed by atoms with Gasteiger partial charge in [0.15, 0.2) is 0 Å². The Morgan fingerprint density at radius 1 is 1.18 bits per heavy atom. The molecule has 0 aliphatic carbocycles. The number of hydrogen-bond donors (Lipinski definition) is 1. The molecule has 0 aromatic heterocycles. The third-order valence-corrected chi connectivity index (χ3v) is 10.9. The molecule has 3 saturated heterocycles. The standard InChI is InChI=1S/C30H40ClN3O4S/c1-6-16-32(5)26(36)22-23-27(37)34(18-9-8-10-19-35)25(30(23)15-14-29(22,4)39-30)28(38)33(17-7-2)24-20(3)12-11-13-21(24)31/h6-7,11-13,22-23,25,35H,1-2,8-10,14-19H2,3-5H3/t22-,23-,25?,29+,30?/m0/s1. The van der Waals surface area contributed by atoms with E-state index in [9.17, 15) is 19.5 Å². The van der Waals surface area contributed by atoms with Gasteiger partial charge < -0.3 is 19.8 Å². The normalized spacial score (nSPS) is 28.9. The van der Waals surface area contributed by atoms with Crippen molar-refractivity contribution in [2.45, 2.75) is 61.5 Å². The number of rotatable bonds is 12. The van der Waals surface area contributed by atoms with Crippen molar-refractivity contribution in [3.05, 3.63) is 54.1 Å². The lowest BCUT2D eigenvalue weighted by Gasteiger charge is -2.38. The van der Waals surface area contributed by atoms with Crippen molar-refractivity contribution in [2.24, 2.45) is 11.8 Å². The van der Waals surface area contributed by atoms with Gasteiger partial charge in [0, 0.05) is 38.0 Å². The fraction of sp³-hybridized carbons (Fsp3) is 0.567. The Morgan fingerprint density at radius 3 is 2.54 bits per heavy atom. The highest BCUT2D eigenvalue weighted by Crippen LogP contribution is 2.71. The molecule has 5 atom stereocenters. The highest BCUT2D eigenvalue weighted by Gasteiger charge is 2.77. The van der Waals surface area contributed by atoms with E-state index >= 15 is 0 Å². The van der Waals surface area contributed by atoms with E-state index in [1.165, 1.54) is 0 Å². The summed E-state index contributed by atoms with van der Waals surface area (Å²) in [4.78, 5) is 47.8. The Balaban J connectivity index is 1.80. The number of thioether (sulfide) groups is 1. The summed E-state index contributed by atoms with van der Waals surface area (Å²) < 4.78 is -1.14. The first-order valence-corrected chi connectivity index (χ1v) is 14.9. The Morgan fingerprint density at radius 2 is 1.90 bits per heavy atom. The first-order chi connectivity index (χ1) is 18.6. The van der Waals surface area contributed by atoms with Gasteiger partial charge in [0.1, 0.15) is 6.04 Å². The van der Waals surface area contributed by atoms with E-state index in [-0.39, 0.29) is 30.9 Å². The molecule has 2 unspecified atom stereocenters. The summed E-state index contributed by atoms with van der Waals surface area (Å²) in [5.74, 6) is -1.46. The van der Waals surface area contributed by atoms with E-state index in [0.29, 0.717) is 43.1 Å². The molecule has 3 aliphatic rings. The second-order valence-corrected chi connectivity index (χ2v) is 13.5. The Kier molecular flexibility index (Phi) is 8.89. The molecule has 0 radical (unpaired) electrons. The molecular formula is C30H40ClN3O4S. The van der Waals surface area contributed by atoms with Crippen LogP contribution in [0.4, 0.5) is 5.69 Å². The largest absolute Gasteiger partial charge is 0.396 e. The number of nitrogens with zero attached hydrogens (tertiary/aromatic N) is 3. The van der Waals surface area contributed by atoms with Crippen molar-refractivity contribution < 1.29 is 19.5 Å². The van der Waals surface area contributed by atoms with E-state index in [4.69, 9.17) is 11.6 Å². The van der Waals surface area contributed by atoms with Gasteiger partial charge in [0.2, 0.25) is 11.8 Å². The molecule has 3 heterocycles. The summed E-state index contributed by atoms with van der Waals surface area (Å²) in [6.45, 7) is 12.8. The van der Waals surface area contributed by atoms with Gasteiger partial charge in [-0.15, -0.1) is 24.9 Å². The second kappa shape index (κ2) is 11.7. The van der Waals surface area contributed by atoms with Crippen molar-refractivity contribution in [1.29, 1.82) is 0 Å². The van der Waals surface area contributed by atoms with Gasteiger partial charge in [-0.3, -0.25) is 14.4 Å². The quantitative estimate of drug-likeness (QED) is 0.295. The maximum atomic E-state index is 14.7. The summed E-state index contributed by atoms with van der Waals surface area (Å²) >= 11 is 8.31. The van der Waals surface area contributed by atoms with Gasteiger partial charge in [-0.2, -0.15) is 0 Å². The van der Waals surface area contributed by atoms with Crippen LogP contribution in [0.5, 0.6) is 0 Å². The molecule has 1 aromatic carbocycles. The Hall–Kier alpha value is -2.29. The first-order valence-electron chi connectivity index (χ1n) is 13.7. The lowest BCUT2D eigenvalue weighted by Crippen LogP contribution is -2.55. The summed E-state index contributed by atoms with van der Waals surface area (Å²) in [6, 6.07) is 4.81. The number of aryl methyl sites for hydroxylation is 1. The van der Waals surface area contributed by atoms with E-state index in [1.807, 2.05) is 19.1 Å². The van der Waals surface area contributed by atoms with Gasteiger partial charge in [-0.25, -0.2) is 0 Å². The number of halogens is 1. The molecule has 9 heteroatoms. The van der Waals surface area contributed by atoms with Gasteiger partial charge in [-0.1, -0.05) is 35.9 Å². The van der Waals surface area contributed by atoms with Crippen molar-refractivity contribution >= 4 is 46.8 Å². The molecule has 2 bridgehead atoms. The number of amides is 3. The lowest BCUT2D eigenvalue weighted by molar-refractivity contribution is -0.144. The molecule has 4 rings (SSSR count). The van der Waals surface area contributed by atoms with Crippen molar-refractivity contribution in [1.82, 2.24) is 9.80 Å². The van der Waals surface area contributed by atoms with Gasteiger partial charge in [0.25, 0.3) is 5.91 Å². The zero-order chi connectivity index (χ0) is 28.5. The highest BCUT2D eigenvalue weighted by atomic mass is 35.5. The molecule has 7 nitrogen and oxygen atoms in total. The summed E-state index contributed by atoms with van der Waals surface area (Å²) in [5.41, 5.74) is 1.48. The minimum absolute atomic E-state index is 0.0666. The number of likely N-dealkylation sites (tertiary alicyclic amines) is 1. The number of aliphatic hydroxyl groups is 1. The third-order valence-electron chi connectivity index (χ3n) is 8.65. The average molecular weight is 574 g/mol. The molecule has 3 aliphatic heterocycles. The monoisotopic (exact) mass is 573 g/mol. The fourth-order valence-corrected chi connectivity index (χ4v) is 9.61. The number of likely N-dealkylation sites (N-methyl/N-ethyl adjacent to an activating group) is 1. The number of benzene rings is 1. The maximum Gasteiger partial charge on any atom is 0.251 e. The molecule has 39 heavy (non-hydrogen) atoms. The van der Waals surface area contributed by atoms with Crippen LogP contribution in [0.3, 0.4) is 0 Å². The van der Waals surface area contributed by atoms with Gasteiger partial charge in [-0.05, 0) is 57.6 Å². The summed E-state index contributed by atoms with van der Waals surface area (Å²) in [7, 11) is 1.75. The topological polar surface area (TPSA) is 81.2 Å². The van der Waals surface area contributed by atoms with Crippen LogP contribution in [0, 0.1) is 18.8 Å². The number of aliphatic hydroxyl groups excluding tert-OH is 1. The minimum atomic E-state index is -0.728. The average Bonchev–Trinajstić information content (AvgIpc) is 3.46. The third kappa shape index (κ3) is 4.93. The number of carbonyl (C=O) groups excluding carboxylic acids is 3. The fourth-order valence-electron chi connectivity index (χ4n) is 6.95. The number of fused-ring (bicyclic) bond motifs is 1. The molecule has 0 saturated carbocycles.